The molecule has 2 unspecified atom stereocenters. The van der Waals surface area contributed by atoms with Gasteiger partial charge in [-0.15, -0.1) is 0 Å². The lowest BCUT2D eigenvalue weighted by Gasteiger charge is -2.20. The molecule has 0 saturated heterocycles. The summed E-state index contributed by atoms with van der Waals surface area (Å²) in [7, 11) is 1.66. The van der Waals surface area contributed by atoms with Crippen molar-refractivity contribution in [1.29, 1.82) is 0 Å². The maximum atomic E-state index is 13.4. The Balaban J connectivity index is 2.94. The van der Waals surface area contributed by atoms with E-state index in [1.54, 1.807) is 26.1 Å². The first kappa shape index (κ1) is 12.1. The fourth-order valence-electron chi connectivity index (χ4n) is 1.53. The summed E-state index contributed by atoms with van der Waals surface area (Å²) in [5.74, 6) is -0.488. The molecule has 0 amide bonds. The molecule has 0 heterocycles. The second-order valence-corrected chi connectivity index (χ2v) is 3.54. The van der Waals surface area contributed by atoms with Crippen LogP contribution in [0.15, 0.2) is 18.2 Å². The third kappa shape index (κ3) is 2.75. The van der Waals surface area contributed by atoms with Crippen LogP contribution in [0.5, 0.6) is 0 Å². The summed E-state index contributed by atoms with van der Waals surface area (Å²) in [6.07, 6.45) is -2.20. The van der Waals surface area contributed by atoms with Crippen LogP contribution in [0.3, 0.4) is 0 Å². The number of halogens is 1. The number of aliphatic hydroxyl groups is 2. The van der Waals surface area contributed by atoms with E-state index in [1.807, 2.05) is 0 Å². The van der Waals surface area contributed by atoms with Gasteiger partial charge in [-0.25, -0.2) is 4.39 Å². The van der Waals surface area contributed by atoms with Gasteiger partial charge in [0.15, 0.2) is 0 Å². The molecule has 1 rings (SSSR count). The highest BCUT2D eigenvalue weighted by Crippen LogP contribution is 2.23. The molecular formula is C11H16FNO2. The molecule has 1 aromatic carbocycles. The number of hydrogen-bond acceptors (Lipinski definition) is 3. The molecular weight excluding hydrogens is 197 g/mol. The van der Waals surface area contributed by atoms with Crippen LogP contribution >= 0.6 is 0 Å². The highest BCUT2D eigenvalue weighted by molar-refractivity contribution is 5.30. The Morgan fingerprint density at radius 3 is 2.60 bits per heavy atom. The van der Waals surface area contributed by atoms with Gasteiger partial charge in [0.25, 0.3) is 0 Å². The molecule has 3 N–H and O–H groups in total. The summed E-state index contributed by atoms with van der Waals surface area (Å²) in [6.45, 7) is 1.92. The summed E-state index contributed by atoms with van der Waals surface area (Å²) in [5, 5.41) is 22.0. The minimum atomic E-state index is -1.20. The van der Waals surface area contributed by atoms with Crippen molar-refractivity contribution in [3.8, 4) is 0 Å². The number of likely N-dealkylation sites (N-methyl/N-ethyl adjacent to an activating group) is 1. The van der Waals surface area contributed by atoms with Crippen molar-refractivity contribution in [3.05, 3.63) is 35.1 Å². The summed E-state index contributed by atoms with van der Waals surface area (Å²) in [5.41, 5.74) is 0.804. The number of benzene rings is 1. The SMILES string of the molecule is CNCC(O)C(O)c1c(C)cccc1F. The highest BCUT2D eigenvalue weighted by atomic mass is 19.1. The maximum absolute atomic E-state index is 13.4. The van der Waals surface area contributed by atoms with Gasteiger partial charge in [0.05, 0.1) is 6.10 Å². The van der Waals surface area contributed by atoms with E-state index >= 15 is 0 Å². The van der Waals surface area contributed by atoms with Crippen LogP contribution in [0.4, 0.5) is 4.39 Å². The predicted molar refractivity (Wildman–Crippen MR) is 56.0 cm³/mol. The molecule has 3 nitrogen and oxygen atoms in total. The van der Waals surface area contributed by atoms with Gasteiger partial charge in [0.1, 0.15) is 11.9 Å². The monoisotopic (exact) mass is 213 g/mol. The highest BCUT2D eigenvalue weighted by Gasteiger charge is 2.22. The zero-order valence-electron chi connectivity index (χ0n) is 8.87. The molecule has 2 atom stereocenters. The van der Waals surface area contributed by atoms with E-state index in [0.717, 1.165) is 0 Å². The zero-order valence-corrected chi connectivity index (χ0v) is 8.87. The molecule has 0 aliphatic carbocycles. The molecule has 0 radical (unpaired) electrons. The molecule has 84 valence electrons. The van der Waals surface area contributed by atoms with E-state index in [-0.39, 0.29) is 12.1 Å². The third-order valence-electron chi connectivity index (χ3n) is 2.34. The summed E-state index contributed by atoms with van der Waals surface area (Å²) < 4.78 is 13.4. The molecule has 0 fully saturated rings. The van der Waals surface area contributed by atoms with Crippen molar-refractivity contribution in [3.63, 3.8) is 0 Å². The van der Waals surface area contributed by atoms with E-state index in [4.69, 9.17) is 0 Å². The number of rotatable bonds is 4. The molecule has 0 spiro atoms. The molecule has 0 aromatic heterocycles. The lowest BCUT2D eigenvalue weighted by molar-refractivity contribution is 0.0177. The van der Waals surface area contributed by atoms with Crippen LogP contribution in [0, 0.1) is 12.7 Å². The van der Waals surface area contributed by atoms with Crippen LogP contribution in [-0.2, 0) is 0 Å². The van der Waals surface area contributed by atoms with Crippen molar-refractivity contribution in [2.45, 2.75) is 19.1 Å². The number of hydrogen-bond donors (Lipinski definition) is 3. The fourth-order valence-corrected chi connectivity index (χ4v) is 1.53. The normalized spacial score (nSPS) is 15.0. The second-order valence-electron chi connectivity index (χ2n) is 3.54. The first-order valence-corrected chi connectivity index (χ1v) is 4.83. The minimum absolute atomic E-state index is 0.167. The van der Waals surface area contributed by atoms with Gasteiger partial charge in [-0.3, -0.25) is 0 Å². The van der Waals surface area contributed by atoms with E-state index in [2.05, 4.69) is 5.32 Å². The third-order valence-corrected chi connectivity index (χ3v) is 2.34. The number of aryl methyl sites for hydroxylation is 1. The van der Waals surface area contributed by atoms with Gasteiger partial charge in [-0.2, -0.15) is 0 Å². The van der Waals surface area contributed by atoms with Crippen molar-refractivity contribution >= 4 is 0 Å². The van der Waals surface area contributed by atoms with Crippen LogP contribution in [-0.4, -0.2) is 29.9 Å². The number of nitrogens with one attached hydrogen (secondary N) is 1. The Morgan fingerprint density at radius 1 is 1.40 bits per heavy atom. The Bertz CT molecular complexity index is 310. The Labute approximate surface area is 88.6 Å². The smallest absolute Gasteiger partial charge is 0.129 e. The van der Waals surface area contributed by atoms with Crippen LogP contribution in [0.1, 0.15) is 17.2 Å². The average Bonchev–Trinajstić information content (AvgIpc) is 2.17. The fraction of sp³-hybridized carbons (Fsp3) is 0.455. The standard InChI is InChI=1S/C11H16FNO2/c1-7-4-3-5-8(12)10(7)11(15)9(14)6-13-2/h3-5,9,11,13-15H,6H2,1-2H3. The quantitative estimate of drug-likeness (QED) is 0.691. The van der Waals surface area contributed by atoms with E-state index in [0.29, 0.717) is 5.56 Å². The summed E-state index contributed by atoms with van der Waals surface area (Å²) >= 11 is 0. The van der Waals surface area contributed by atoms with Gasteiger partial charge in [-0.1, -0.05) is 12.1 Å². The Hall–Kier alpha value is -0.970. The lowest BCUT2D eigenvalue weighted by Crippen LogP contribution is -2.30. The topological polar surface area (TPSA) is 52.5 Å². The molecule has 15 heavy (non-hydrogen) atoms. The largest absolute Gasteiger partial charge is 0.389 e. The molecule has 1 aromatic rings. The van der Waals surface area contributed by atoms with E-state index in [9.17, 15) is 14.6 Å². The van der Waals surface area contributed by atoms with Gasteiger partial charge < -0.3 is 15.5 Å². The van der Waals surface area contributed by atoms with Gasteiger partial charge >= 0.3 is 0 Å². The van der Waals surface area contributed by atoms with Gasteiger partial charge in [-0.05, 0) is 25.6 Å². The lowest BCUT2D eigenvalue weighted by atomic mass is 9.99. The van der Waals surface area contributed by atoms with Crippen LogP contribution in [0.25, 0.3) is 0 Å². The zero-order chi connectivity index (χ0) is 11.4. The Morgan fingerprint density at radius 2 is 2.07 bits per heavy atom. The van der Waals surface area contributed by atoms with Crippen LogP contribution in [0.2, 0.25) is 0 Å². The molecule has 0 bridgehead atoms. The Kier molecular flexibility index (Phi) is 4.20. The van der Waals surface area contributed by atoms with Crippen molar-refractivity contribution < 1.29 is 14.6 Å². The molecule has 4 heteroatoms. The second kappa shape index (κ2) is 5.21. The van der Waals surface area contributed by atoms with Crippen molar-refractivity contribution in [1.82, 2.24) is 5.32 Å². The van der Waals surface area contributed by atoms with Crippen LogP contribution < -0.4 is 5.32 Å². The van der Waals surface area contributed by atoms with E-state index in [1.165, 1.54) is 6.07 Å². The van der Waals surface area contributed by atoms with Crippen molar-refractivity contribution in [2.75, 3.05) is 13.6 Å². The summed E-state index contributed by atoms with van der Waals surface area (Å²) in [6, 6.07) is 4.55. The van der Waals surface area contributed by atoms with Gasteiger partial charge in [0.2, 0.25) is 0 Å². The molecule has 0 aliphatic rings. The maximum Gasteiger partial charge on any atom is 0.129 e. The average molecular weight is 213 g/mol. The molecule has 0 saturated carbocycles. The predicted octanol–water partition coefficient (Wildman–Crippen LogP) is 0.748. The number of aliphatic hydroxyl groups excluding tert-OH is 2. The first-order valence-electron chi connectivity index (χ1n) is 4.83. The minimum Gasteiger partial charge on any atom is -0.389 e. The molecule has 0 aliphatic heterocycles. The first-order chi connectivity index (χ1) is 7.07. The van der Waals surface area contributed by atoms with E-state index < -0.39 is 18.0 Å². The van der Waals surface area contributed by atoms with Gasteiger partial charge in [0, 0.05) is 12.1 Å². The summed E-state index contributed by atoms with van der Waals surface area (Å²) in [4.78, 5) is 0. The van der Waals surface area contributed by atoms with Crippen molar-refractivity contribution in [2.24, 2.45) is 0 Å².